The van der Waals surface area contributed by atoms with Gasteiger partial charge in [0.25, 0.3) is 0 Å². The van der Waals surface area contributed by atoms with Crippen LogP contribution < -0.4 is 4.74 Å². The third-order valence-corrected chi connectivity index (χ3v) is 4.81. The van der Waals surface area contributed by atoms with Crippen LogP contribution in [0.5, 0.6) is 11.5 Å². The van der Waals surface area contributed by atoms with Crippen LogP contribution in [0.25, 0.3) is 0 Å². The lowest BCUT2D eigenvalue weighted by Gasteiger charge is -2.43. The fourth-order valence-electron chi connectivity index (χ4n) is 3.26. The summed E-state index contributed by atoms with van der Waals surface area (Å²) in [4.78, 5) is 1.82. The monoisotopic (exact) mass is 359 g/mol. The minimum absolute atomic E-state index is 0.221. The van der Waals surface area contributed by atoms with E-state index in [1.54, 1.807) is 0 Å². The van der Waals surface area contributed by atoms with Gasteiger partial charge in [-0.3, -0.25) is 4.90 Å². The van der Waals surface area contributed by atoms with Gasteiger partial charge in [-0.1, -0.05) is 30.3 Å². The van der Waals surface area contributed by atoms with Gasteiger partial charge in [0.2, 0.25) is 0 Å². The number of ether oxygens (including phenoxy) is 1. The van der Waals surface area contributed by atoms with Crippen LogP contribution in [0.3, 0.4) is 0 Å². The standard InChI is InChI=1S/C20H25NO5/c22-13-17-19(24)20(25)18(23)12-21(17)11-10-14-6-8-16(9-7-14)26-15-4-2-1-3-5-15/h1-9,17-20,22-25H,10-13H2/t17-,18+,19-,20-/m1/s1. The van der Waals surface area contributed by atoms with E-state index in [2.05, 4.69) is 0 Å². The van der Waals surface area contributed by atoms with Gasteiger partial charge in [0.15, 0.2) is 0 Å². The second-order valence-corrected chi connectivity index (χ2v) is 6.60. The molecule has 1 saturated heterocycles. The number of aliphatic hydroxyl groups is 4. The van der Waals surface area contributed by atoms with Crippen LogP contribution in [0.2, 0.25) is 0 Å². The van der Waals surface area contributed by atoms with Crippen LogP contribution in [0, 0.1) is 0 Å². The number of hydrogen-bond acceptors (Lipinski definition) is 6. The normalized spacial score (nSPS) is 26.6. The molecule has 0 amide bonds. The van der Waals surface area contributed by atoms with E-state index in [0.29, 0.717) is 13.0 Å². The molecule has 4 atom stereocenters. The lowest BCUT2D eigenvalue weighted by atomic mass is 9.94. The minimum Gasteiger partial charge on any atom is -0.457 e. The molecule has 0 radical (unpaired) electrons. The van der Waals surface area contributed by atoms with Gasteiger partial charge in [-0.25, -0.2) is 0 Å². The van der Waals surface area contributed by atoms with Crippen molar-refractivity contribution in [2.45, 2.75) is 30.8 Å². The molecule has 140 valence electrons. The van der Waals surface area contributed by atoms with Gasteiger partial charge in [-0.05, 0) is 36.2 Å². The zero-order valence-electron chi connectivity index (χ0n) is 14.5. The zero-order chi connectivity index (χ0) is 18.5. The Bertz CT molecular complexity index is 678. The maximum absolute atomic E-state index is 10.0. The summed E-state index contributed by atoms with van der Waals surface area (Å²) >= 11 is 0. The Morgan fingerprint density at radius 1 is 0.885 bits per heavy atom. The number of nitrogens with zero attached hydrogens (tertiary/aromatic N) is 1. The molecule has 2 aromatic rings. The number of benzene rings is 2. The van der Waals surface area contributed by atoms with Crippen molar-refractivity contribution in [2.75, 3.05) is 19.7 Å². The number of β-amino-alcohol motifs (C(OH)–C–C–N with tert-alkyl or cyclic N) is 1. The number of aliphatic hydroxyl groups excluding tert-OH is 4. The van der Waals surface area contributed by atoms with E-state index in [4.69, 9.17) is 4.74 Å². The summed E-state index contributed by atoms with van der Waals surface area (Å²) < 4.78 is 5.76. The Hall–Kier alpha value is -1.96. The van der Waals surface area contributed by atoms with E-state index in [0.717, 1.165) is 17.1 Å². The summed E-state index contributed by atoms with van der Waals surface area (Å²) in [6.07, 6.45) is -2.71. The number of hydrogen-bond donors (Lipinski definition) is 4. The average molecular weight is 359 g/mol. The summed E-state index contributed by atoms with van der Waals surface area (Å²) in [6.45, 7) is 0.512. The molecule has 0 aliphatic carbocycles. The average Bonchev–Trinajstić information content (AvgIpc) is 2.66. The van der Waals surface area contributed by atoms with Crippen LogP contribution >= 0.6 is 0 Å². The molecule has 0 aromatic heterocycles. The molecule has 1 heterocycles. The van der Waals surface area contributed by atoms with Crippen LogP contribution in [0.4, 0.5) is 0 Å². The Morgan fingerprint density at radius 3 is 2.19 bits per heavy atom. The zero-order valence-corrected chi connectivity index (χ0v) is 14.5. The molecular weight excluding hydrogens is 334 g/mol. The van der Waals surface area contributed by atoms with Gasteiger partial charge in [-0.15, -0.1) is 0 Å². The molecule has 6 heteroatoms. The Kier molecular flexibility index (Phi) is 6.24. The van der Waals surface area contributed by atoms with E-state index < -0.39 is 24.4 Å². The molecule has 1 fully saturated rings. The van der Waals surface area contributed by atoms with Crippen molar-refractivity contribution in [3.05, 3.63) is 60.2 Å². The summed E-state index contributed by atoms with van der Waals surface area (Å²) in [5, 5.41) is 39.1. The fourth-order valence-corrected chi connectivity index (χ4v) is 3.26. The fraction of sp³-hybridized carbons (Fsp3) is 0.400. The van der Waals surface area contributed by atoms with Crippen molar-refractivity contribution in [3.8, 4) is 11.5 Å². The van der Waals surface area contributed by atoms with Crippen molar-refractivity contribution < 1.29 is 25.2 Å². The molecule has 4 N–H and O–H groups in total. The quantitative estimate of drug-likeness (QED) is 0.609. The summed E-state index contributed by atoms with van der Waals surface area (Å²) in [5.74, 6) is 1.53. The molecule has 3 rings (SSSR count). The minimum atomic E-state index is -1.22. The first kappa shape index (κ1) is 18.8. The van der Waals surface area contributed by atoms with Gasteiger partial charge < -0.3 is 25.2 Å². The van der Waals surface area contributed by atoms with Crippen molar-refractivity contribution in [1.29, 1.82) is 0 Å². The first-order valence-corrected chi connectivity index (χ1v) is 8.79. The number of likely N-dealkylation sites (tertiary alicyclic amines) is 1. The molecule has 1 aliphatic rings. The highest BCUT2D eigenvalue weighted by atomic mass is 16.5. The molecule has 0 saturated carbocycles. The highest BCUT2D eigenvalue weighted by Crippen LogP contribution is 2.22. The molecular formula is C20H25NO5. The van der Waals surface area contributed by atoms with Gasteiger partial charge in [0.1, 0.15) is 23.7 Å². The van der Waals surface area contributed by atoms with E-state index in [1.807, 2.05) is 59.5 Å². The van der Waals surface area contributed by atoms with Gasteiger partial charge in [0, 0.05) is 13.1 Å². The van der Waals surface area contributed by atoms with Crippen LogP contribution in [0.1, 0.15) is 5.56 Å². The van der Waals surface area contributed by atoms with E-state index >= 15 is 0 Å². The summed E-state index contributed by atoms with van der Waals surface area (Å²) in [5.41, 5.74) is 1.08. The van der Waals surface area contributed by atoms with Crippen LogP contribution in [0.15, 0.2) is 54.6 Å². The van der Waals surface area contributed by atoms with Gasteiger partial charge in [-0.2, -0.15) is 0 Å². The topological polar surface area (TPSA) is 93.4 Å². The third kappa shape index (κ3) is 4.41. The Balaban J connectivity index is 1.57. The number of piperidine rings is 1. The second kappa shape index (κ2) is 8.62. The SMILES string of the molecule is OC[C@@H]1[C@@H](O)[C@H](O)[C@@H](O)CN1CCc1ccc(Oc2ccccc2)cc1. The summed E-state index contributed by atoms with van der Waals surface area (Å²) in [7, 11) is 0. The molecule has 2 aromatic carbocycles. The lowest BCUT2D eigenvalue weighted by Crippen LogP contribution is -2.62. The highest BCUT2D eigenvalue weighted by Gasteiger charge is 2.40. The molecule has 0 bridgehead atoms. The highest BCUT2D eigenvalue weighted by molar-refractivity contribution is 5.33. The van der Waals surface area contributed by atoms with E-state index in [-0.39, 0.29) is 13.2 Å². The third-order valence-electron chi connectivity index (χ3n) is 4.81. The van der Waals surface area contributed by atoms with Crippen molar-refractivity contribution >= 4 is 0 Å². The lowest BCUT2D eigenvalue weighted by molar-refractivity contribution is -0.144. The van der Waals surface area contributed by atoms with Crippen LogP contribution in [-0.4, -0.2) is 69.4 Å². The molecule has 0 spiro atoms. The van der Waals surface area contributed by atoms with Gasteiger partial charge in [0.05, 0.1) is 18.8 Å². The predicted molar refractivity (Wildman–Crippen MR) is 97.1 cm³/mol. The Labute approximate surface area is 152 Å². The number of rotatable bonds is 6. The van der Waals surface area contributed by atoms with Crippen LogP contribution in [-0.2, 0) is 6.42 Å². The van der Waals surface area contributed by atoms with E-state index in [9.17, 15) is 20.4 Å². The molecule has 6 nitrogen and oxygen atoms in total. The molecule has 0 unspecified atom stereocenters. The van der Waals surface area contributed by atoms with Crippen molar-refractivity contribution in [1.82, 2.24) is 4.90 Å². The van der Waals surface area contributed by atoms with Gasteiger partial charge >= 0.3 is 0 Å². The first-order chi connectivity index (χ1) is 12.6. The maximum Gasteiger partial charge on any atom is 0.127 e. The first-order valence-electron chi connectivity index (χ1n) is 8.79. The Morgan fingerprint density at radius 2 is 1.54 bits per heavy atom. The predicted octanol–water partition coefficient (Wildman–Crippen LogP) is 0.781. The summed E-state index contributed by atoms with van der Waals surface area (Å²) in [6, 6.07) is 16.7. The largest absolute Gasteiger partial charge is 0.457 e. The van der Waals surface area contributed by atoms with E-state index in [1.165, 1.54) is 0 Å². The van der Waals surface area contributed by atoms with Crippen molar-refractivity contribution in [2.24, 2.45) is 0 Å². The second-order valence-electron chi connectivity index (χ2n) is 6.60. The van der Waals surface area contributed by atoms with Crippen molar-refractivity contribution in [3.63, 3.8) is 0 Å². The smallest absolute Gasteiger partial charge is 0.127 e. The molecule has 26 heavy (non-hydrogen) atoms. The maximum atomic E-state index is 10.0. The molecule has 1 aliphatic heterocycles. The number of para-hydroxylation sites is 1.